The quantitative estimate of drug-likeness (QED) is 0.395. The van der Waals surface area contributed by atoms with E-state index in [1.165, 1.54) is 19.3 Å². The van der Waals surface area contributed by atoms with E-state index in [1.807, 2.05) is 0 Å². The second-order valence-electron chi connectivity index (χ2n) is 8.17. The summed E-state index contributed by atoms with van der Waals surface area (Å²) in [4.78, 5) is 4.12. The molecule has 0 bridgehead atoms. The van der Waals surface area contributed by atoms with Crippen molar-refractivity contribution < 1.29 is 4.43 Å². The molecule has 2 nitrogen and oxygen atoms in total. The van der Waals surface area contributed by atoms with Crippen molar-refractivity contribution in [2.45, 2.75) is 84.5 Å². The van der Waals surface area contributed by atoms with Gasteiger partial charge in [-0.3, -0.25) is 4.98 Å². The maximum Gasteiger partial charge on any atom is 0.192 e. The molecule has 1 aromatic heterocycles. The predicted molar refractivity (Wildman–Crippen MR) is 111 cm³/mol. The number of nitrogens with zero attached hydrogens (tertiary/aromatic N) is 1. The lowest BCUT2D eigenvalue weighted by molar-refractivity contribution is 0.0489. The first-order chi connectivity index (χ1) is 11.8. The molecular weight excluding hydrogens is 369 g/mol. The largest absolute Gasteiger partial charge is 0.410 e. The van der Waals surface area contributed by atoms with Crippen molar-refractivity contribution in [3.8, 4) is 0 Å². The molecule has 1 fully saturated rings. The molecule has 0 amide bonds. The van der Waals surface area contributed by atoms with Crippen molar-refractivity contribution in [2.75, 3.05) is 0 Å². The number of halogens is 2. The highest BCUT2D eigenvalue weighted by Gasteiger charge is 2.39. The molecule has 0 aliphatic heterocycles. The van der Waals surface area contributed by atoms with E-state index in [2.05, 4.69) is 39.6 Å². The van der Waals surface area contributed by atoms with Crippen molar-refractivity contribution in [1.82, 2.24) is 4.98 Å². The van der Waals surface area contributed by atoms with Crippen LogP contribution in [-0.2, 0) is 4.43 Å². The van der Waals surface area contributed by atoms with Gasteiger partial charge >= 0.3 is 0 Å². The van der Waals surface area contributed by atoms with Crippen LogP contribution in [0, 0.1) is 11.3 Å². The summed E-state index contributed by atoms with van der Waals surface area (Å²) in [6.45, 7) is 11.6. The average Bonchev–Trinajstić information content (AvgIpc) is 2.58. The Labute approximate surface area is 164 Å². The second kappa shape index (κ2) is 8.73. The van der Waals surface area contributed by atoms with Gasteiger partial charge in [0.05, 0.1) is 16.1 Å². The van der Waals surface area contributed by atoms with Crippen molar-refractivity contribution >= 4 is 31.5 Å². The topological polar surface area (TPSA) is 22.1 Å². The van der Waals surface area contributed by atoms with Gasteiger partial charge in [-0.2, -0.15) is 0 Å². The Balaban J connectivity index is 2.25. The smallest absolute Gasteiger partial charge is 0.192 e. The second-order valence-corrected chi connectivity index (χ2v) is 13.7. The number of hydrogen-bond acceptors (Lipinski definition) is 2. The Kier molecular flexibility index (Phi) is 7.41. The highest BCUT2D eigenvalue weighted by atomic mass is 35.5. The summed E-state index contributed by atoms with van der Waals surface area (Å²) < 4.78 is 6.86. The summed E-state index contributed by atoms with van der Waals surface area (Å²) in [7, 11) is -1.75. The van der Waals surface area contributed by atoms with Crippen LogP contribution in [0.2, 0.25) is 28.2 Å². The Bertz CT molecular complexity index is 546. The first-order valence-corrected chi connectivity index (χ1v) is 13.0. The fraction of sp³-hybridized carbons (Fsp3) is 0.750. The third-order valence-corrected chi connectivity index (χ3v) is 11.8. The van der Waals surface area contributed by atoms with Crippen LogP contribution in [0.15, 0.2) is 12.4 Å². The predicted octanol–water partition coefficient (Wildman–Crippen LogP) is 7.67. The van der Waals surface area contributed by atoms with Gasteiger partial charge in [-0.25, -0.2) is 0 Å². The minimum Gasteiger partial charge on any atom is -0.410 e. The molecule has 142 valence electrons. The van der Waals surface area contributed by atoms with Gasteiger partial charge in [0.25, 0.3) is 0 Å². The SMILES string of the molecule is CC[Si](CC)(CC)OC(CCC1CCC1(C)C)c1c(Cl)cncc1Cl. The maximum absolute atomic E-state index is 6.86. The molecule has 5 heteroatoms. The summed E-state index contributed by atoms with van der Waals surface area (Å²) in [5.41, 5.74) is 1.41. The highest BCUT2D eigenvalue weighted by molar-refractivity contribution is 6.73. The lowest BCUT2D eigenvalue weighted by Crippen LogP contribution is -2.38. The Morgan fingerprint density at radius 2 is 1.72 bits per heavy atom. The Morgan fingerprint density at radius 1 is 1.16 bits per heavy atom. The van der Waals surface area contributed by atoms with Crippen LogP contribution in [0.5, 0.6) is 0 Å². The zero-order valence-electron chi connectivity index (χ0n) is 16.4. The van der Waals surface area contributed by atoms with E-state index >= 15 is 0 Å². The molecule has 0 saturated heterocycles. The summed E-state index contributed by atoms with van der Waals surface area (Å²) in [6.07, 6.45) is 8.21. The van der Waals surface area contributed by atoms with Crippen LogP contribution in [0.4, 0.5) is 0 Å². The van der Waals surface area contributed by atoms with Crippen LogP contribution in [0.3, 0.4) is 0 Å². The van der Waals surface area contributed by atoms with Gasteiger partial charge in [-0.1, -0.05) is 57.8 Å². The molecule has 2 atom stereocenters. The van der Waals surface area contributed by atoms with E-state index < -0.39 is 8.32 Å². The van der Waals surface area contributed by atoms with Gasteiger partial charge in [0.2, 0.25) is 0 Å². The minimum atomic E-state index is -1.75. The number of aromatic nitrogens is 1. The zero-order chi connectivity index (χ0) is 18.7. The fourth-order valence-electron chi connectivity index (χ4n) is 4.11. The standard InChI is InChI=1S/C20H33Cl2NOSi/c1-6-25(7-2,8-3)24-18(10-9-15-11-12-20(15,4)5)19-16(21)13-23-14-17(19)22/h13-15,18H,6-12H2,1-5H3. The van der Waals surface area contributed by atoms with Crippen LogP contribution >= 0.6 is 23.2 Å². The van der Waals surface area contributed by atoms with Gasteiger partial charge in [0, 0.05) is 18.0 Å². The molecule has 1 aliphatic rings. The first-order valence-electron chi connectivity index (χ1n) is 9.75. The summed E-state index contributed by atoms with van der Waals surface area (Å²) in [5.74, 6) is 0.777. The van der Waals surface area contributed by atoms with Crippen LogP contribution in [0.1, 0.15) is 72.0 Å². The summed E-state index contributed by atoms with van der Waals surface area (Å²) >= 11 is 13.0. The molecular formula is C20H33Cl2NOSi. The molecule has 1 aromatic rings. The zero-order valence-corrected chi connectivity index (χ0v) is 18.9. The van der Waals surface area contributed by atoms with Gasteiger partial charge in [-0.05, 0) is 55.1 Å². The van der Waals surface area contributed by atoms with E-state index in [0.717, 1.165) is 36.0 Å². The minimum absolute atomic E-state index is 0.00841. The molecule has 1 heterocycles. The number of pyridine rings is 1. The van der Waals surface area contributed by atoms with Crippen LogP contribution in [0.25, 0.3) is 0 Å². The molecule has 0 aromatic carbocycles. The summed E-state index contributed by atoms with van der Waals surface area (Å²) in [5, 5.41) is 1.27. The molecule has 25 heavy (non-hydrogen) atoms. The van der Waals surface area contributed by atoms with Crippen molar-refractivity contribution in [3.63, 3.8) is 0 Å². The molecule has 2 rings (SSSR count). The van der Waals surface area contributed by atoms with Crippen LogP contribution in [-0.4, -0.2) is 13.3 Å². The fourth-order valence-corrected chi connectivity index (χ4v) is 7.55. The Hall–Kier alpha value is -0.0931. The third kappa shape index (κ3) is 4.80. The van der Waals surface area contributed by atoms with Gasteiger partial charge in [0.1, 0.15) is 0 Å². The van der Waals surface area contributed by atoms with Gasteiger partial charge in [-0.15, -0.1) is 0 Å². The molecule has 1 aliphatic carbocycles. The molecule has 0 N–H and O–H groups in total. The lowest BCUT2D eigenvalue weighted by atomic mass is 9.61. The maximum atomic E-state index is 6.86. The van der Waals surface area contributed by atoms with E-state index in [-0.39, 0.29) is 6.10 Å². The van der Waals surface area contributed by atoms with Gasteiger partial charge in [0.15, 0.2) is 8.32 Å². The van der Waals surface area contributed by atoms with Crippen molar-refractivity contribution in [1.29, 1.82) is 0 Å². The Morgan fingerprint density at radius 3 is 2.12 bits per heavy atom. The number of rotatable bonds is 9. The normalized spacial score (nSPS) is 21.0. The van der Waals surface area contributed by atoms with E-state index in [1.54, 1.807) is 12.4 Å². The molecule has 0 radical (unpaired) electrons. The molecule has 2 unspecified atom stereocenters. The highest BCUT2D eigenvalue weighted by Crippen LogP contribution is 2.50. The van der Waals surface area contributed by atoms with Crippen LogP contribution < -0.4 is 0 Å². The van der Waals surface area contributed by atoms with E-state index in [0.29, 0.717) is 15.5 Å². The van der Waals surface area contributed by atoms with E-state index in [9.17, 15) is 0 Å². The molecule has 1 saturated carbocycles. The van der Waals surface area contributed by atoms with E-state index in [4.69, 9.17) is 27.6 Å². The number of hydrogen-bond donors (Lipinski definition) is 0. The third-order valence-electron chi connectivity index (χ3n) is 6.56. The summed E-state index contributed by atoms with van der Waals surface area (Å²) in [6, 6.07) is 3.39. The first kappa shape index (κ1) is 21.2. The lowest BCUT2D eigenvalue weighted by Gasteiger charge is -2.45. The molecule has 0 spiro atoms. The van der Waals surface area contributed by atoms with Gasteiger partial charge < -0.3 is 4.43 Å². The van der Waals surface area contributed by atoms with Crippen molar-refractivity contribution in [2.24, 2.45) is 11.3 Å². The van der Waals surface area contributed by atoms with Crippen molar-refractivity contribution in [3.05, 3.63) is 28.0 Å². The monoisotopic (exact) mass is 401 g/mol. The average molecular weight is 402 g/mol.